The Balaban J connectivity index is 1.11. The maximum Gasteiger partial charge on any atom is 0.573 e. The summed E-state index contributed by atoms with van der Waals surface area (Å²) in [5.41, 5.74) is 10.8. The van der Waals surface area contributed by atoms with Crippen LogP contribution in [0, 0.1) is 13.8 Å². The van der Waals surface area contributed by atoms with Crippen molar-refractivity contribution in [3.63, 3.8) is 0 Å². The number of benzene rings is 3. The molecule has 8 nitrogen and oxygen atoms in total. The summed E-state index contributed by atoms with van der Waals surface area (Å²) in [5, 5.41) is 9.86. The van der Waals surface area contributed by atoms with Gasteiger partial charge in [-0.2, -0.15) is 10.1 Å². The number of hydrazone groups is 1. The normalized spacial score (nSPS) is 17.0. The molecule has 0 radical (unpaired) electrons. The van der Waals surface area contributed by atoms with Gasteiger partial charge in [0.15, 0.2) is 11.0 Å². The van der Waals surface area contributed by atoms with Gasteiger partial charge in [-0.3, -0.25) is 10.3 Å². The maximum atomic E-state index is 12.4. The molecule has 3 aromatic carbocycles. The molecule has 1 unspecified atom stereocenters. The molecule has 2 aliphatic rings. The number of nitrogens with zero attached hydrogens (tertiary/aromatic N) is 6. The van der Waals surface area contributed by atoms with Crippen LogP contribution in [-0.2, 0) is 0 Å². The van der Waals surface area contributed by atoms with Crippen molar-refractivity contribution >= 4 is 46.2 Å². The highest BCUT2D eigenvalue weighted by atomic mass is 32.2. The van der Waals surface area contributed by atoms with Gasteiger partial charge in [-0.1, -0.05) is 49.0 Å². The first-order valence-corrected chi connectivity index (χ1v) is 15.0. The zero-order chi connectivity index (χ0) is 31.0. The third-order valence-electron chi connectivity index (χ3n) is 7.10. The summed E-state index contributed by atoms with van der Waals surface area (Å²) < 4.78 is 42.7. The van der Waals surface area contributed by atoms with Gasteiger partial charge in [-0.15, -0.1) is 18.3 Å². The Morgan fingerprint density at radius 2 is 1.91 bits per heavy atom. The van der Waals surface area contributed by atoms with E-state index in [-0.39, 0.29) is 10.9 Å². The van der Waals surface area contributed by atoms with Crippen molar-refractivity contribution in [2.75, 3.05) is 10.7 Å². The topological polar surface area (TPSA) is 79.9 Å². The molecule has 13 heteroatoms. The van der Waals surface area contributed by atoms with Crippen LogP contribution in [0.15, 0.2) is 88.9 Å². The number of fused-ring (bicyclic) bond motifs is 3. The van der Waals surface area contributed by atoms with Crippen molar-refractivity contribution in [1.82, 2.24) is 20.2 Å². The maximum absolute atomic E-state index is 12.4. The van der Waals surface area contributed by atoms with Crippen LogP contribution in [-0.4, -0.2) is 43.4 Å². The number of nitrogens with one attached hydrogen (secondary N) is 1. The number of ether oxygens (including phenoxy) is 1. The smallest absolute Gasteiger partial charge is 0.406 e. The minimum atomic E-state index is -4.75. The highest BCUT2D eigenvalue weighted by Crippen LogP contribution is 2.43. The summed E-state index contributed by atoms with van der Waals surface area (Å²) in [6.45, 7) is 6.24. The Bertz CT molecular complexity index is 1830. The number of thioether (sulfide) groups is 1. The molecular formula is C31H26F3N7OS2. The van der Waals surface area contributed by atoms with Gasteiger partial charge in [-0.25, -0.2) is 9.67 Å². The van der Waals surface area contributed by atoms with E-state index in [9.17, 15) is 13.2 Å². The van der Waals surface area contributed by atoms with E-state index in [2.05, 4.69) is 73.4 Å². The molecular weight excluding hydrogens is 608 g/mol. The molecule has 0 bridgehead atoms. The fourth-order valence-electron chi connectivity index (χ4n) is 5.01. The lowest BCUT2D eigenvalue weighted by Gasteiger charge is -2.30. The van der Waals surface area contributed by atoms with Crippen molar-refractivity contribution in [3.8, 4) is 22.8 Å². The third-order valence-corrected chi connectivity index (χ3v) is 8.26. The quantitative estimate of drug-likeness (QED) is 0.141. The van der Waals surface area contributed by atoms with E-state index in [0.29, 0.717) is 17.4 Å². The van der Waals surface area contributed by atoms with Gasteiger partial charge in [0.1, 0.15) is 12.1 Å². The Hall–Kier alpha value is -4.49. The Kier molecular flexibility index (Phi) is 7.99. The van der Waals surface area contributed by atoms with Crippen molar-refractivity contribution < 1.29 is 17.9 Å². The molecule has 1 aromatic heterocycles. The number of aromatic nitrogens is 3. The molecule has 0 amide bonds. The molecule has 2 aliphatic heterocycles. The van der Waals surface area contributed by atoms with E-state index in [1.165, 1.54) is 52.1 Å². The van der Waals surface area contributed by atoms with E-state index in [0.717, 1.165) is 33.3 Å². The van der Waals surface area contributed by atoms with E-state index in [1.807, 2.05) is 25.1 Å². The standard InChI is InChI=1S/C31H26F3N7OS2/c1-18-4-11-26-20(3)14-24-16-44-30(41(24)27(26)12-18)37-29(43)38-36-15-22-6-5-21(13-19(22)2)28-35-17-40(39-28)23-7-9-25(10-8-23)42-31(32,33)34/h4-15,17,20H,16H2,1-3H3,(H,38,43)/b36-15+,37-30?. The number of amidine groups is 1. The van der Waals surface area contributed by atoms with Crippen LogP contribution in [0.3, 0.4) is 0 Å². The third kappa shape index (κ3) is 6.38. The van der Waals surface area contributed by atoms with Crippen LogP contribution in [0.2, 0.25) is 0 Å². The summed E-state index contributed by atoms with van der Waals surface area (Å²) in [7, 11) is 0. The first-order valence-electron chi connectivity index (χ1n) is 13.6. The number of hydrogen-bond donors (Lipinski definition) is 1. The summed E-state index contributed by atoms with van der Waals surface area (Å²) in [6.07, 6.45) is 0.708. The first-order chi connectivity index (χ1) is 21.0. The molecule has 44 heavy (non-hydrogen) atoms. The predicted molar refractivity (Wildman–Crippen MR) is 172 cm³/mol. The monoisotopic (exact) mass is 633 g/mol. The van der Waals surface area contributed by atoms with Crippen LogP contribution in [0.5, 0.6) is 5.75 Å². The van der Waals surface area contributed by atoms with Crippen molar-refractivity contribution in [2.24, 2.45) is 10.1 Å². The molecule has 0 spiro atoms. The zero-order valence-electron chi connectivity index (χ0n) is 23.8. The SMILES string of the molecule is Cc1ccc2c(c1)N1C(=CC2C)CSC1=NC(=S)N/N=C/c1ccc(-c2ncn(-c3ccc(OC(F)(F)F)cc3)n2)cc1C. The largest absolute Gasteiger partial charge is 0.573 e. The molecule has 1 saturated heterocycles. The molecule has 1 N–H and O–H groups in total. The van der Waals surface area contributed by atoms with E-state index in [1.54, 1.807) is 18.0 Å². The summed E-state index contributed by atoms with van der Waals surface area (Å²) in [6, 6.07) is 17.6. The number of aliphatic imine (C=N–C) groups is 1. The van der Waals surface area contributed by atoms with Gasteiger partial charge in [0, 0.05) is 22.9 Å². The molecule has 6 rings (SSSR count). The van der Waals surface area contributed by atoms with Crippen molar-refractivity contribution in [2.45, 2.75) is 33.1 Å². The number of hydrogen-bond acceptors (Lipinski definition) is 6. The minimum absolute atomic E-state index is 0.264. The van der Waals surface area contributed by atoms with Crippen LogP contribution < -0.4 is 15.1 Å². The number of halogens is 3. The zero-order valence-corrected chi connectivity index (χ0v) is 25.5. The average Bonchev–Trinajstić information content (AvgIpc) is 3.61. The second kappa shape index (κ2) is 11.9. The van der Waals surface area contributed by atoms with Gasteiger partial charge in [0.2, 0.25) is 5.11 Å². The van der Waals surface area contributed by atoms with Gasteiger partial charge in [0.05, 0.1) is 17.6 Å². The summed E-state index contributed by atoms with van der Waals surface area (Å²) in [4.78, 5) is 11.2. The Morgan fingerprint density at radius 1 is 1.11 bits per heavy atom. The summed E-state index contributed by atoms with van der Waals surface area (Å²) >= 11 is 7.14. The van der Waals surface area contributed by atoms with Crippen LogP contribution in [0.25, 0.3) is 17.1 Å². The number of allylic oxidation sites excluding steroid dienone is 1. The van der Waals surface area contributed by atoms with Gasteiger partial charge < -0.3 is 4.74 Å². The molecule has 4 aromatic rings. The Labute approximate surface area is 261 Å². The Morgan fingerprint density at radius 3 is 2.66 bits per heavy atom. The van der Waals surface area contributed by atoms with E-state index >= 15 is 0 Å². The van der Waals surface area contributed by atoms with Crippen molar-refractivity contribution in [1.29, 1.82) is 0 Å². The molecule has 1 atom stereocenters. The predicted octanol–water partition coefficient (Wildman–Crippen LogP) is 7.27. The van der Waals surface area contributed by atoms with E-state index < -0.39 is 6.36 Å². The molecule has 0 aliphatic carbocycles. The fourth-order valence-corrected chi connectivity index (χ4v) is 6.21. The highest BCUT2D eigenvalue weighted by molar-refractivity contribution is 8.14. The first kappa shape index (κ1) is 29.6. The van der Waals surface area contributed by atoms with Crippen LogP contribution >= 0.6 is 24.0 Å². The van der Waals surface area contributed by atoms with Crippen LogP contribution in [0.4, 0.5) is 18.9 Å². The molecule has 0 saturated carbocycles. The number of anilines is 1. The molecule has 224 valence electrons. The van der Waals surface area contributed by atoms with Crippen molar-refractivity contribution in [3.05, 3.63) is 101 Å². The number of thiocarbonyl (C=S) groups is 1. The molecule has 1 fully saturated rings. The second-order valence-electron chi connectivity index (χ2n) is 10.3. The lowest BCUT2D eigenvalue weighted by molar-refractivity contribution is -0.274. The number of alkyl halides is 3. The molecule has 3 heterocycles. The lowest BCUT2D eigenvalue weighted by atomic mass is 9.93. The minimum Gasteiger partial charge on any atom is -0.406 e. The fraction of sp³-hybridized carbons (Fsp3) is 0.194. The summed E-state index contributed by atoms with van der Waals surface area (Å²) in [5.74, 6) is 1.34. The highest BCUT2D eigenvalue weighted by Gasteiger charge is 2.33. The van der Waals surface area contributed by atoms with E-state index in [4.69, 9.17) is 12.2 Å². The average molecular weight is 634 g/mol. The second-order valence-corrected chi connectivity index (χ2v) is 11.7. The van der Waals surface area contributed by atoms with Gasteiger partial charge in [0.25, 0.3) is 0 Å². The van der Waals surface area contributed by atoms with Gasteiger partial charge in [-0.05, 0) is 84.7 Å². The lowest BCUT2D eigenvalue weighted by Crippen LogP contribution is -2.28. The number of rotatable bonds is 5. The number of aryl methyl sites for hydroxylation is 2. The van der Waals surface area contributed by atoms with Gasteiger partial charge >= 0.3 is 6.36 Å². The van der Waals surface area contributed by atoms with Crippen LogP contribution in [0.1, 0.15) is 35.1 Å².